The molecule has 2 nitrogen and oxygen atoms in total. The molecule has 0 bridgehead atoms. The molecular formula is C24H29F7O2. The van der Waals surface area contributed by atoms with Crippen LogP contribution in [0.4, 0.5) is 30.7 Å². The molecule has 0 atom stereocenters. The third-order valence-electron chi connectivity index (χ3n) is 6.85. The van der Waals surface area contributed by atoms with Gasteiger partial charge in [0.15, 0.2) is 11.6 Å². The van der Waals surface area contributed by atoms with Gasteiger partial charge in [0.05, 0.1) is 12.0 Å². The van der Waals surface area contributed by atoms with E-state index in [2.05, 4.69) is 11.7 Å². The first-order chi connectivity index (χ1) is 15.6. The summed E-state index contributed by atoms with van der Waals surface area (Å²) < 4.78 is 104. The molecular weight excluding hydrogens is 453 g/mol. The lowest BCUT2D eigenvalue weighted by molar-refractivity contribution is -0.301. The van der Waals surface area contributed by atoms with Gasteiger partial charge in [0.2, 0.25) is 5.75 Å². The summed E-state index contributed by atoms with van der Waals surface area (Å²) in [6, 6.07) is -0.577. The molecule has 0 aliphatic heterocycles. The Labute approximate surface area is 189 Å². The highest BCUT2D eigenvalue weighted by molar-refractivity contribution is 5.34. The molecule has 9 heteroatoms. The first kappa shape index (κ1) is 25.8. The molecule has 0 radical (unpaired) electrons. The van der Waals surface area contributed by atoms with Gasteiger partial charge in [-0.2, -0.15) is 22.0 Å². The smallest absolute Gasteiger partial charge is 0.358 e. The Morgan fingerprint density at radius 2 is 1.48 bits per heavy atom. The van der Waals surface area contributed by atoms with Crippen molar-refractivity contribution in [3.8, 4) is 5.75 Å². The lowest BCUT2D eigenvalue weighted by Crippen LogP contribution is -2.39. The third-order valence-corrected chi connectivity index (χ3v) is 6.85. The van der Waals surface area contributed by atoms with Gasteiger partial charge in [-0.1, -0.05) is 19.8 Å². The molecule has 33 heavy (non-hydrogen) atoms. The largest absolute Gasteiger partial charge is 0.422 e. The van der Waals surface area contributed by atoms with Crippen LogP contribution in [0.2, 0.25) is 0 Å². The van der Waals surface area contributed by atoms with Gasteiger partial charge in [0, 0.05) is 0 Å². The van der Waals surface area contributed by atoms with E-state index in [1.54, 1.807) is 0 Å². The number of ether oxygens (including phenoxy) is 2. The van der Waals surface area contributed by atoms with Crippen molar-refractivity contribution < 1.29 is 40.2 Å². The molecule has 1 aromatic rings. The fraction of sp³-hybridized carbons (Fsp3) is 0.667. The summed E-state index contributed by atoms with van der Waals surface area (Å²) in [5.41, 5.74) is 0.238. The van der Waals surface area contributed by atoms with E-state index in [0.717, 1.165) is 37.8 Å². The van der Waals surface area contributed by atoms with E-state index in [9.17, 15) is 30.7 Å². The van der Waals surface area contributed by atoms with Crippen LogP contribution in [0.15, 0.2) is 24.2 Å². The molecule has 0 saturated heterocycles. The summed E-state index contributed by atoms with van der Waals surface area (Å²) in [5.74, 6) is -4.48. The number of rotatable bonds is 8. The Balaban J connectivity index is 1.55. The van der Waals surface area contributed by atoms with Crippen LogP contribution in [-0.4, -0.2) is 12.2 Å². The second-order valence-electron chi connectivity index (χ2n) is 9.11. The topological polar surface area (TPSA) is 18.5 Å². The number of hydrogen-bond acceptors (Lipinski definition) is 2. The van der Waals surface area contributed by atoms with Crippen LogP contribution in [0.3, 0.4) is 0 Å². The lowest BCUT2D eigenvalue weighted by atomic mass is 9.79. The van der Waals surface area contributed by atoms with Crippen LogP contribution in [0.25, 0.3) is 0 Å². The Bertz CT molecular complexity index is 799. The summed E-state index contributed by atoms with van der Waals surface area (Å²) in [6.07, 6.45) is -0.733. The van der Waals surface area contributed by atoms with Gasteiger partial charge in [0.25, 0.3) is 0 Å². The van der Waals surface area contributed by atoms with Crippen LogP contribution in [0.1, 0.15) is 82.6 Å². The predicted molar refractivity (Wildman–Crippen MR) is 109 cm³/mol. The van der Waals surface area contributed by atoms with Crippen molar-refractivity contribution in [2.45, 2.75) is 89.3 Å². The minimum atomic E-state index is -3.20. The maximum atomic E-state index is 14.7. The van der Waals surface area contributed by atoms with Gasteiger partial charge < -0.3 is 9.47 Å². The molecule has 186 valence electrons. The first-order valence-corrected chi connectivity index (χ1v) is 11.5. The van der Waals surface area contributed by atoms with Crippen molar-refractivity contribution in [2.24, 2.45) is 11.8 Å². The summed E-state index contributed by atoms with van der Waals surface area (Å²) in [5, 5.41) is 0. The molecule has 0 aromatic heterocycles. The van der Waals surface area contributed by atoms with Crippen LogP contribution in [0.5, 0.6) is 5.75 Å². The van der Waals surface area contributed by atoms with E-state index in [1.807, 2.05) is 0 Å². The molecule has 0 unspecified atom stereocenters. The van der Waals surface area contributed by atoms with E-state index in [-0.39, 0.29) is 11.5 Å². The van der Waals surface area contributed by atoms with E-state index in [4.69, 9.17) is 4.74 Å². The fourth-order valence-electron chi connectivity index (χ4n) is 5.07. The lowest BCUT2D eigenvalue weighted by Gasteiger charge is -2.37. The molecule has 2 aliphatic carbocycles. The summed E-state index contributed by atoms with van der Waals surface area (Å²) in [6.45, 7) is 2.09. The van der Waals surface area contributed by atoms with E-state index >= 15 is 0 Å². The summed E-state index contributed by atoms with van der Waals surface area (Å²) in [7, 11) is 0. The molecule has 0 spiro atoms. The molecule has 0 amide bonds. The van der Waals surface area contributed by atoms with Crippen molar-refractivity contribution in [1.29, 1.82) is 0 Å². The SMILES string of the molecule is CCCC1CCC(C(F)(F)OC2CCC(c3cc(F)c(OC(F)=C(F)F)c(F)c3)CC2)CC1. The van der Waals surface area contributed by atoms with Gasteiger partial charge >= 0.3 is 18.2 Å². The zero-order valence-electron chi connectivity index (χ0n) is 18.5. The van der Waals surface area contributed by atoms with Crippen molar-refractivity contribution in [3.63, 3.8) is 0 Å². The molecule has 2 fully saturated rings. The van der Waals surface area contributed by atoms with Crippen molar-refractivity contribution in [2.75, 3.05) is 0 Å². The predicted octanol–water partition coefficient (Wildman–Crippen LogP) is 8.62. The molecule has 1 aromatic carbocycles. The summed E-state index contributed by atoms with van der Waals surface area (Å²) >= 11 is 0. The van der Waals surface area contributed by atoms with Gasteiger partial charge in [-0.25, -0.2) is 8.78 Å². The van der Waals surface area contributed by atoms with Gasteiger partial charge in [-0.05, 0) is 80.9 Å². The highest BCUT2D eigenvalue weighted by Gasteiger charge is 2.44. The van der Waals surface area contributed by atoms with Crippen molar-refractivity contribution in [1.82, 2.24) is 0 Å². The van der Waals surface area contributed by atoms with Crippen LogP contribution < -0.4 is 4.74 Å². The highest BCUT2D eigenvalue weighted by Crippen LogP contribution is 2.44. The molecule has 2 saturated carbocycles. The second-order valence-corrected chi connectivity index (χ2v) is 9.11. The zero-order valence-corrected chi connectivity index (χ0v) is 18.5. The Hall–Kier alpha value is -1.77. The number of hydrogen-bond donors (Lipinski definition) is 0. The van der Waals surface area contributed by atoms with Crippen LogP contribution in [-0.2, 0) is 4.74 Å². The first-order valence-electron chi connectivity index (χ1n) is 11.5. The van der Waals surface area contributed by atoms with Gasteiger partial charge in [0.1, 0.15) is 0 Å². The van der Waals surface area contributed by atoms with Crippen molar-refractivity contribution in [3.05, 3.63) is 41.4 Å². The van der Waals surface area contributed by atoms with Gasteiger partial charge in [-0.15, -0.1) is 0 Å². The Morgan fingerprint density at radius 1 is 0.909 bits per heavy atom. The maximum Gasteiger partial charge on any atom is 0.358 e. The van der Waals surface area contributed by atoms with Crippen LogP contribution in [0, 0.1) is 23.5 Å². The molecule has 0 heterocycles. The summed E-state index contributed by atoms with van der Waals surface area (Å²) in [4.78, 5) is 0. The average Bonchev–Trinajstić information content (AvgIpc) is 2.76. The molecule has 3 rings (SSSR count). The van der Waals surface area contributed by atoms with Crippen LogP contribution >= 0.6 is 0 Å². The monoisotopic (exact) mass is 482 g/mol. The average molecular weight is 482 g/mol. The minimum absolute atomic E-state index is 0.238. The quantitative estimate of drug-likeness (QED) is 0.273. The molecule has 2 aliphatic rings. The number of alkyl halides is 2. The number of benzene rings is 1. The van der Waals surface area contributed by atoms with E-state index in [1.165, 1.54) is 0 Å². The molecule has 0 N–H and O–H groups in total. The standard InChI is InChI=1S/C24H29F7O2/c1-2-3-14-4-8-17(9-5-14)24(30,31)33-18-10-6-15(7-11-18)16-12-19(25)21(20(26)13-16)32-23(29)22(27)28/h12-15,17-18H,2-11H2,1H3. The Morgan fingerprint density at radius 3 is 2.00 bits per heavy atom. The number of halogens is 7. The highest BCUT2D eigenvalue weighted by atomic mass is 19.3. The van der Waals surface area contributed by atoms with E-state index < -0.39 is 47.6 Å². The maximum absolute atomic E-state index is 14.7. The minimum Gasteiger partial charge on any atom is -0.422 e. The Kier molecular flexibility index (Phi) is 8.70. The zero-order chi connectivity index (χ0) is 24.2. The van der Waals surface area contributed by atoms with E-state index in [0.29, 0.717) is 44.4 Å². The van der Waals surface area contributed by atoms with Gasteiger partial charge in [-0.3, -0.25) is 0 Å². The normalized spacial score (nSPS) is 26.2. The van der Waals surface area contributed by atoms with Crippen molar-refractivity contribution >= 4 is 0 Å². The third kappa shape index (κ3) is 6.64. The second kappa shape index (κ2) is 11.1. The fourth-order valence-corrected chi connectivity index (χ4v) is 5.07.